The van der Waals surface area contributed by atoms with Crippen molar-refractivity contribution < 1.29 is 14.3 Å². The molecule has 0 radical (unpaired) electrons. The van der Waals surface area contributed by atoms with Crippen LogP contribution in [0.3, 0.4) is 0 Å². The number of nitrogens with one attached hydrogen (secondary N) is 1. The summed E-state index contributed by atoms with van der Waals surface area (Å²) in [5.74, 6) is -0.452. The van der Waals surface area contributed by atoms with Crippen LogP contribution in [0, 0.1) is 0 Å². The summed E-state index contributed by atoms with van der Waals surface area (Å²) in [7, 11) is 1.31. The molecule has 80 valence electrons. The van der Waals surface area contributed by atoms with Gasteiger partial charge < -0.3 is 4.74 Å². The van der Waals surface area contributed by atoms with Crippen LogP contribution >= 0.6 is 0 Å². The number of esters is 1. The van der Waals surface area contributed by atoms with E-state index in [0.717, 1.165) is 12.8 Å². The summed E-state index contributed by atoms with van der Waals surface area (Å²) in [6.45, 7) is 0. The van der Waals surface area contributed by atoms with Crippen molar-refractivity contribution in [2.45, 2.75) is 25.7 Å². The van der Waals surface area contributed by atoms with Gasteiger partial charge in [-0.2, -0.15) is 5.10 Å². The smallest absolute Gasteiger partial charge is 0.356 e. The van der Waals surface area contributed by atoms with Crippen LogP contribution in [-0.4, -0.2) is 29.1 Å². The Morgan fingerprint density at radius 3 is 2.87 bits per heavy atom. The zero-order chi connectivity index (χ0) is 10.8. The predicted molar refractivity (Wildman–Crippen MR) is 51.8 cm³/mol. The van der Waals surface area contributed by atoms with Crippen LogP contribution in [0.15, 0.2) is 0 Å². The summed E-state index contributed by atoms with van der Waals surface area (Å²) in [4.78, 5) is 23.0. The number of hydrogen-bond acceptors (Lipinski definition) is 4. The second-order valence-corrected chi connectivity index (χ2v) is 3.55. The second-order valence-electron chi connectivity index (χ2n) is 3.55. The highest BCUT2D eigenvalue weighted by Gasteiger charge is 2.25. The largest absolute Gasteiger partial charge is 0.464 e. The Morgan fingerprint density at radius 2 is 2.13 bits per heavy atom. The van der Waals surface area contributed by atoms with Crippen LogP contribution < -0.4 is 0 Å². The lowest BCUT2D eigenvalue weighted by Gasteiger charge is -1.99. The molecule has 0 aromatic carbocycles. The van der Waals surface area contributed by atoms with Gasteiger partial charge in [0.2, 0.25) is 0 Å². The van der Waals surface area contributed by atoms with Crippen molar-refractivity contribution in [1.29, 1.82) is 0 Å². The van der Waals surface area contributed by atoms with Gasteiger partial charge in [-0.05, 0) is 19.3 Å². The standard InChI is InChI=1S/C10H12N2O3/c1-15-10(14)9-6-4-2-3-5-7(13)8(6)11-12-9/h2-5H2,1H3,(H,11,12). The molecule has 15 heavy (non-hydrogen) atoms. The number of nitrogens with zero attached hydrogens (tertiary/aromatic N) is 1. The van der Waals surface area contributed by atoms with E-state index < -0.39 is 5.97 Å². The molecule has 0 saturated carbocycles. The van der Waals surface area contributed by atoms with Gasteiger partial charge in [0.15, 0.2) is 5.78 Å². The average Bonchev–Trinajstić information content (AvgIpc) is 2.58. The van der Waals surface area contributed by atoms with E-state index in [0.29, 0.717) is 29.8 Å². The van der Waals surface area contributed by atoms with E-state index in [-0.39, 0.29) is 5.78 Å². The Morgan fingerprint density at radius 1 is 1.40 bits per heavy atom. The minimum Gasteiger partial charge on any atom is -0.464 e. The van der Waals surface area contributed by atoms with Crippen molar-refractivity contribution in [1.82, 2.24) is 10.2 Å². The summed E-state index contributed by atoms with van der Waals surface area (Å²) in [6.07, 6.45) is 2.98. The number of fused-ring (bicyclic) bond motifs is 1. The third-order valence-corrected chi connectivity index (χ3v) is 2.60. The van der Waals surface area contributed by atoms with E-state index in [2.05, 4.69) is 14.9 Å². The Labute approximate surface area is 86.8 Å². The van der Waals surface area contributed by atoms with Crippen LogP contribution in [0.4, 0.5) is 0 Å². The molecule has 0 aliphatic heterocycles. The maximum absolute atomic E-state index is 11.6. The number of carbonyl (C=O) groups excluding carboxylic acids is 2. The lowest BCUT2D eigenvalue weighted by molar-refractivity contribution is 0.0592. The molecule has 1 aliphatic carbocycles. The number of aromatic amines is 1. The molecule has 1 N–H and O–H groups in total. The van der Waals surface area contributed by atoms with Crippen molar-refractivity contribution in [3.63, 3.8) is 0 Å². The minimum atomic E-state index is -0.460. The molecule has 1 aromatic heterocycles. The number of aromatic nitrogens is 2. The molecular weight excluding hydrogens is 196 g/mol. The number of ketones is 1. The number of rotatable bonds is 1. The van der Waals surface area contributed by atoms with Crippen LogP contribution in [-0.2, 0) is 11.2 Å². The molecule has 2 rings (SSSR count). The summed E-state index contributed by atoms with van der Waals surface area (Å²) < 4.78 is 4.62. The normalized spacial score (nSPS) is 15.7. The van der Waals surface area contributed by atoms with Gasteiger partial charge in [-0.25, -0.2) is 4.79 Å². The van der Waals surface area contributed by atoms with Gasteiger partial charge in [-0.1, -0.05) is 0 Å². The molecule has 1 aromatic rings. The van der Waals surface area contributed by atoms with Gasteiger partial charge >= 0.3 is 5.97 Å². The van der Waals surface area contributed by atoms with Gasteiger partial charge in [-0.3, -0.25) is 9.89 Å². The van der Waals surface area contributed by atoms with Gasteiger partial charge in [0.25, 0.3) is 0 Å². The molecule has 5 heteroatoms. The van der Waals surface area contributed by atoms with E-state index in [4.69, 9.17) is 0 Å². The Bertz CT molecular complexity index is 409. The van der Waals surface area contributed by atoms with Crippen LogP contribution in [0.25, 0.3) is 0 Å². The van der Waals surface area contributed by atoms with Crippen molar-refractivity contribution >= 4 is 11.8 Å². The van der Waals surface area contributed by atoms with Crippen molar-refractivity contribution in [2.24, 2.45) is 0 Å². The first-order valence-corrected chi connectivity index (χ1v) is 4.92. The fourth-order valence-corrected chi connectivity index (χ4v) is 1.82. The van der Waals surface area contributed by atoms with Gasteiger partial charge in [0.1, 0.15) is 11.4 Å². The predicted octanol–water partition coefficient (Wildman–Crippen LogP) is 1.11. The second kappa shape index (κ2) is 3.84. The fraction of sp³-hybridized carbons (Fsp3) is 0.500. The highest BCUT2D eigenvalue weighted by molar-refractivity contribution is 5.99. The third-order valence-electron chi connectivity index (χ3n) is 2.60. The average molecular weight is 208 g/mol. The molecule has 0 amide bonds. The van der Waals surface area contributed by atoms with Gasteiger partial charge in [0, 0.05) is 12.0 Å². The number of H-pyrrole nitrogens is 1. The quantitative estimate of drug-likeness (QED) is 0.554. The first-order chi connectivity index (χ1) is 7.24. The molecular formula is C10H12N2O3. The lowest BCUT2D eigenvalue weighted by Crippen LogP contribution is -2.06. The Balaban J connectivity index is 2.44. The Kier molecular flexibility index (Phi) is 2.53. The molecule has 1 heterocycles. The topological polar surface area (TPSA) is 72.1 Å². The first-order valence-electron chi connectivity index (χ1n) is 4.92. The molecule has 0 atom stereocenters. The number of hydrogen-bond donors (Lipinski definition) is 1. The van der Waals surface area contributed by atoms with Crippen molar-refractivity contribution in [3.05, 3.63) is 17.0 Å². The molecule has 0 fully saturated rings. The van der Waals surface area contributed by atoms with E-state index >= 15 is 0 Å². The highest BCUT2D eigenvalue weighted by Crippen LogP contribution is 2.21. The number of ether oxygens (including phenoxy) is 1. The zero-order valence-electron chi connectivity index (χ0n) is 8.50. The first kappa shape index (κ1) is 9.89. The molecule has 0 bridgehead atoms. The maximum atomic E-state index is 11.6. The molecule has 1 aliphatic rings. The zero-order valence-corrected chi connectivity index (χ0v) is 8.50. The van der Waals surface area contributed by atoms with Crippen LogP contribution in [0.5, 0.6) is 0 Å². The fourth-order valence-electron chi connectivity index (χ4n) is 1.82. The van der Waals surface area contributed by atoms with Gasteiger partial charge in [0.05, 0.1) is 7.11 Å². The number of Topliss-reactive ketones (excluding diaryl/α,β-unsaturated/α-hetero) is 1. The maximum Gasteiger partial charge on any atom is 0.356 e. The highest BCUT2D eigenvalue weighted by atomic mass is 16.5. The summed E-state index contributed by atoms with van der Waals surface area (Å²) in [5.41, 5.74) is 1.44. The number of carbonyl (C=O) groups is 2. The summed E-state index contributed by atoms with van der Waals surface area (Å²) in [5, 5.41) is 6.47. The van der Waals surface area contributed by atoms with E-state index in [1.165, 1.54) is 7.11 Å². The molecule has 0 spiro atoms. The van der Waals surface area contributed by atoms with E-state index in [9.17, 15) is 9.59 Å². The third kappa shape index (κ3) is 1.65. The van der Waals surface area contributed by atoms with Crippen LogP contribution in [0.2, 0.25) is 0 Å². The summed E-state index contributed by atoms with van der Waals surface area (Å²) in [6, 6.07) is 0. The monoisotopic (exact) mass is 208 g/mol. The van der Waals surface area contributed by atoms with E-state index in [1.54, 1.807) is 0 Å². The van der Waals surface area contributed by atoms with Crippen molar-refractivity contribution in [3.8, 4) is 0 Å². The minimum absolute atomic E-state index is 0.00824. The van der Waals surface area contributed by atoms with Gasteiger partial charge in [-0.15, -0.1) is 0 Å². The molecule has 0 unspecified atom stereocenters. The lowest BCUT2D eigenvalue weighted by atomic mass is 10.1. The number of methoxy groups -OCH3 is 1. The van der Waals surface area contributed by atoms with Crippen LogP contribution in [0.1, 0.15) is 45.8 Å². The molecule has 5 nitrogen and oxygen atoms in total. The SMILES string of the molecule is COC(=O)c1[nH]nc2c1CCCCC2=O. The molecule has 0 saturated heterocycles. The summed E-state index contributed by atoms with van der Waals surface area (Å²) >= 11 is 0. The Hall–Kier alpha value is -1.65. The van der Waals surface area contributed by atoms with E-state index in [1.807, 2.05) is 0 Å². The van der Waals surface area contributed by atoms with Crippen molar-refractivity contribution in [2.75, 3.05) is 7.11 Å².